The first-order valence-corrected chi connectivity index (χ1v) is 12.6. The summed E-state index contributed by atoms with van der Waals surface area (Å²) in [5, 5.41) is 0.973. The molecule has 6 nitrogen and oxygen atoms in total. The number of rotatable bonds is 8. The van der Waals surface area contributed by atoms with Gasteiger partial charge in [0, 0.05) is 32.1 Å². The van der Waals surface area contributed by atoms with E-state index >= 15 is 0 Å². The van der Waals surface area contributed by atoms with Crippen LogP contribution in [0.5, 0.6) is 0 Å². The zero-order valence-electron chi connectivity index (χ0n) is 17.7. The molecule has 170 valence electrons. The first-order valence-electron chi connectivity index (χ1n) is 10.5. The molecule has 0 amide bonds. The molecule has 4 rings (SSSR count). The number of imidazole rings is 1. The summed E-state index contributed by atoms with van der Waals surface area (Å²) in [6, 6.07) is 12.4. The molecule has 1 aromatic heterocycles. The Morgan fingerprint density at radius 3 is 2.62 bits per heavy atom. The molecule has 1 aliphatic rings. The number of sulfonamides is 1. The summed E-state index contributed by atoms with van der Waals surface area (Å²) in [5.41, 5.74) is 1.96. The maximum absolute atomic E-state index is 13.5. The van der Waals surface area contributed by atoms with E-state index in [1.807, 2.05) is 35.9 Å². The van der Waals surface area contributed by atoms with E-state index in [-0.39, 0.29) is 24.1 Å². The van der Waals surface area contributed by atoms with E-state index in [2.05, 4.69) is 4.98 Å². The van der Waals surface area contributed by atoms with Crippen molar-refractivity contribution in [1.82, 2.24) is 13.9 Å². The van der Waals surface area contributed by atoms with Crippen molar-refractivity contribution in [1.29, 1.82) is 0 Å². The van der Waals surface area contributed by atoms with E-state index in [0.29, 0.717) is 29.0 Å². The van der Waals surface area contributed by atoms with E-state index in [4.69, 9.17) is 27.9 Å². The highest BCUT2D eigenvalue weighted by Gasteiger charge is 2.30. The Morgan fingerprint density at radius 1 is 1.16 bits per heavy atom. The Kier molecular flexibility index (Phi) is 7.22. The zero-order chi connectivity index (χ0) is 22.7. The third-order valence-corrected chi connectivity index (χ3v) is 8.11. The number of hydrogen-bond donors (Lipinski definition) is 0. The minimum Gasteiger partial charge on any atom is -0.377 e. The van der Waals surface area contributed by atoms with Gasteiger partial charge in [0.1, 0.15) is 5.82 Å². The molecule has 0 saturated carbocycles. The van der Waals surface area contributed by atoms with E-state index in [0.717, 1.165) is 24.0 Å². The Hall–Kier alpha value is -1.90. The molecular formula is C23H25Cl2N3O3S. The van der Waals surface area contributed by atoms with Crippen LogP contribution in [0.1, 0.15) is 29.8 Å². The molecular weight excluding hydrogens is 469 g/mol. The van der Waals surface area contributed by atoms with Crippen molar-refractivity contribution < 1.29 is 13.2 Å². The second-order valence-electron chi connectivity index (χ2n) is 7.97. The van der Waals surface area contributed by atoms with Gasteiger partial charge in [0.2, 0.25) is 10.0 Å². The molecule has 1 fully saturated rings. The summed E-state index contributed by atoms with van der Waals surface area (Å²) in [5.74, 6) is 0.643. The van der Waals surface area contributed by atoms with Crippen molar-refractivity contribution in [3.63, 3.8) is 0 Å². The molecule has 32 heavy (non-hydrogen) atoms. The minimum absolute atomic E-state index is 0.117. The van der Waals surface area contributed by atoms with Gasteiger partial charge < -0.3 is 9.30 Å². The van der Waals surface area contributed by atoms with Gasteiger partial charge in [0.15, 0.2) is 0 Å². The van der Waals surface area contributed by atoms with E-state index < -0.39 is 10.0 Å². The predicted octanol–water partition coefficient (Wildman–Crippen LogP) is 4.92. The highest BCUT2D eigenvalue weighted by atomic mass is 35.5. The third kappa shape index (κ3) is 5.35. The van der Waals surface area contributed by atoms with Crippen LogP contribution >= 0.6 is 23.2 Å². The van der Waals surface area contributed by atoms with Gasteiger partial charge in [-0.2, -0.15) is 4.31 Å². The van der Waals surface area contributed by atoms with Gasteiger partial charge in [-0.3, -0.25) is 0 Å². The molecule has 1 saturated heterocycles. The predicted molar refractivity (Wildman–Crippen MR) is 126 cm³/mol. The van der Waals surface area contributed by atoms with Crippen LogP contribution in [0.25, 0.3) is 0 Å². The highest BCUT2D eigenvalue weighted by Crippen LogP contribution is 2.25. The van der Waals surface area contributed by atoms with Crippen LogP contribution in [0.4, 0.5) is 0 Å². The van der Waals surface area contributed by atoms with Gasteiger partial charge in [-0.1, -0.05) is 47.0 Å². The molecule has 3 aromatic rings. The summed E-state index contributed by atoms with van der Waals surface area (Å²) >= 11 is 12.2. The van der Waals surface area contributed by atoms with Crippen LogP contribution < -0.4 is 0 Å². The van der Waals surface area contributed by atoms with Crippen LogP contribution in [0.15, 0.2) is 59.8 Å². The fourth-order valence-electron chi connectivity index (χ4n) is 3.75. The van der Waals surface area contributed by atoms with Crippen LogP contribution in [0.3, 0.4) is 0 Å². The summed E-state index contributed by atoms with van der Waals surface area (Å²) in [4.78, 5) is 4.71. The summed E-state index contributed by atoms with van der Waals surface area (Å²) < 4.78 is 36.2. The number of aromatic nitrogens is 2. The lowest BCUT2D eigenvalue weighted by atomic mass is 10.2. The molecule has 0 aliphatic carbocycles. The molecule has 0 spiro atoms. The number of ether oxygens (including phenoxy) is 1. The largest absolute Gasteiger partial charge is 0.377 e. The summed E-state index contributed by atoms with van der Waals surface area (Å²) in [6.45, 7) is 3.53. The summed E-state index contributed by atoms with van der Waals surface area (Å²) in [6.07, 6.45) is 5.18. The Labute approximate surface area is 198 Å². The average molecular weight is 494 g/mol. The molecule has 0 bridgehead atoms. The summed E-state index contributed by atoms with van der Waals surface area (Å²) in [7, 11) is -3.72. The Morgan fingerprint density at radius 2 is 1.94 bits per heavy atom. The first kappa shape index (κ1) is 23.3. The van der Waals surface area contributed by atoms with E-state index in [1.165, 1.54) is 4.31 Å². The van der Waals surface area contributed by atoms with E-state index in [1.54, 1.807) is 30.5 Å². The molecule has 0 N–H and O–H groups in total. The quantitative estimate of drug-likeness (QED) is 0.446. The fourth-order valence-corrected chi connectivity index (χ4v) is 5.50. The number of benzene rings is 2. The van der Waals surface area contributed by atoms with Crippen LogP contribution in [-0.4, -0.2) is 41.5 Å². The topological polar surface area (TPSA) is 64.4 Å². The number of hydrogen-bond acceptors (Lipinski definition) is 4. The molecule has 1 aliphatic heterocycles. The zero-order valence-corrected chi connectivity index (χ0v) is 20.1. The van der Waals surface area contributed by atoms with Crippen molar-refractivity contribution in [2.75, 3.05) is 13.2 Å². The number of aryl methyl sites for hydroxylation is 1. The van der Waals surface area contributed by atoms with Gasteiger partial charge in [0.05, 0.1) is 27.6 Å². The molecule has 2 aromatic carbocycles. The van der Waals surface area contributed by atoms with Crippen molar-refractivity contribution in [2.45, 2.75) is 43.9 Å². The van der Waals surface area contributed by atoms with Gasteiger partial charge in [-0.25, -0.2) is 13.4 Å². The van der Waals surface area contributed by atoms with Crippen molar-refractivity contribution in [2.24, 2.45) is 0 Å². The normalized spacial score (nSPS) is 16.7. The maximum Gasteiger partial charge on any atom is 0.243 e. The minimum atomic E-state index is -3.72. The SMILES string of the molecule is Cc1ccc(S(=O)(=O)N(Cc2nccn2Cc2ccc(Cl)c(Cl)c2)CC2CCCO2)cc1. The maximum atomic E-state index is 13.5. The number of halogens is 2. The van der Waals surface area contributed by atoms with E-state index in [9.17, 15) is 8.42 Å². The van der Waals surface area contributed by atoms with Gasteiger partial charge in [-0.15, -0.1) is 0 Å². The molecule has 1 unspecified atom stereocenters. The Balaban J connectivity index is 1.61. The lowest BCUT2D eigenvalue weighted by Gasteiger charge is -2.25. The Bertz CT molecular complexity index is 1170. The van der Waals surface area contributed by atoms with Crippen molar-refractivity contribution >= 4 is 33.2 Å². The van der Waals surface area contributed by atoms with Crippen LogP contribution in [0, 0.1) is 6.92 Å². The van der Waals surface area contributed by atoms with Crippen LogP contribution in [-0.2, 0) is 27.8 Å². The lowest BCUT2D eigenvalue weighted by molar-refractivity contribution is 0.0920. The standard InChI is InChI=1S/C23H25Cl2N3O3S/c1-17-4-7-20(8-5-17)32(29,30)28(15-19-3-2-12-31-19)16-23-26-10-11-27(23)14-18-6-9-21(24)22(25)13-18/h4-11,13,19H,2-3,12,14-16H2,1H3. The molecule has 2 heterocycles. The van der Waals surface area contributed by atoms with Crippen LogP contribution in [0.2, 0.25) is 10.0 Å². The molecule has 1 atom stereocenters. The second-order valence-corrected chi connectivity index (χ2v) is 10.7. The second kappa shape index (κ2) is 9.93. The molecule has 9 heteroatoms. The smallest absolute Gasteiger partial charge is 0.243 e. The van der Waals surface area contributed by atoms with Crippen molar-refractivity contribution in [3.8, 4) is 0 Å². The monoisotopic (exact) mass is 493 g/mol. The third-order valence-electron chi connectivity index (χ3n) is 5.55. The lowest BCUT2D eigenvalue weighted by Crippen LogP contribution is -2.37. The van der Waals surface area contributed by atoms with Crippen molar-refractivity contribution in [3.05, 3.63) is 81.9 Å². The number of nitrogens with zero attached hydrogens (tertiary/aromatic N) is 3. The first-order chi connectivity index (χ1) is 15.3. The fraction of sp³-hybridized carbons (Fsp3) is 0.348. The average Bonchev–Trinajstić information content (AvgIpc) is 3.43. The molecule has 0 radical (unpaired) electrons. The van der Waals surface area contributed by atoms with Gasteiger partial charge in [0.25, 0.3) is 0 Å². The van der Waals surface area contributed by atoms with Gasteiger partial charge in [-0.05, 0) is 49.6 Å². The van der Waals surface area contributed by atoms with Gasteiger partial charge >= 0.3 is 0 Å². The highest BCUT2D eigenvalue weighted by molar-refractivity contribution is 7.89.